The van der Waals surface area contributed by atoms with Crippen LogP contribution in [0.25, 0.3) is 0 Å². The SMILES string of the molecule is O=C1CC[C@H]2c3cc(Cl)c(Cl)cc3CC[C@@H]2N1. The Morgan fingerprint density at radius 2 is 1.88 bits per heavy atom. The normalized spacial score (nSPS) is 27.1. The highest BCUT2D eigenvalue weighted by Crippen LogP contribution is 2.40. The van der Waals surface area contributed by atoms with Gasteiger partial charge in [0.25, 0.3) is 0 Å². The van der Waals surface area contributed by atoms with E-state index in [0.717, 1.165) is 19.3 Å². The number of fused-ring (bicyclic) bond motifs is 3. The molecule has 2 atom stereocenters. The monoisotopic (exact) mass is 269 g/mol. The Kier molecular flexibility index (Phi) is 2.80. The molecule has 2 nitrogen and oxygen atoms in total. The third-order valence-corrected chi connectivity index (χ3v) is 4.54. The number of halogens is 2. The Morgan fingerprint density at radius 3 is 2.71 bits per heavy atom. The maximum atomic E-state index is 11.4. The molecule has 0 aromatic heterocycles. The van der Waals surface area contributed by atoms with E-state index in [9.17, 15) is 4.79 Å². The van der Waals surface area contributed by atoms with Crippen molar-refractivity contribution < 1.29 is 4.79 Å². The third-order valence-electron chi connectivity index (χ3n) is 3.82. The van der Waals surface area contributed by atoms with E-state index in [4.69, 9.17) is 23.2 Å². The molecule has 90 valence electrons. The largest absolute Gasteiger partial charge is 0.353 e. The van der Waals surface area contributed by atoms with Gasteiger partial charge in [-0.05, 0) is 42.5 Å². The molecule has 0 spiro atoms. The second-order valence-electron chi connectivity index (χ2n) is 4.82. The van der Waals surface area contributed by atoms with Crippen molar-refractivity contribution in [2.24, 2.45) is 0 Å². The minimum absolute atomic E-state index is 0.176. The lowest BCUT2D eigenvalue weighted by atomic mass is 9.75. The molecule has 1 saturated heterocycles. The first kappa shape index (κ1) is 11.4. The van der Waals surface area contributed by atoms with Crippen LogP contribution in [0.3, 0.4) is 0 Å². The lowest BCUT2D eigenvalue weighted by Crippen LogP contribution is -2.45. The van der Waals surface area contributed by atoms with Crippen molar-refractivity contribution in [2.45, 2.75) is 37.6 Å². The molecule has 0 radical (unpaired) electrons. The highest BCUT2D eigenvalue weighted by atomic mass is 35.5. The highest BCUT2D eigenvalue weighted by molar-refractivity contribution is 6.42. The van der Waals surface area contributed by atoms with Gasteiger partial charge in [0.1, 0.15) is 0 Å². The lowest BCUT2D eigenvalue weighted by molar-refractivity contribution is -0.123. The zero-order valence-corrected chi connectivity index (χ0v) is 10.8. The summed E-state index contributed by atoms with van der Waals surface area (Å²) < 4.78 is 0. The number of benzene rings is 1. The van der Waals surface area contributed by atoms with Gasteiger partial charge in [0.15, 0.2) is 0 Å². The summed E-state index contributed by atoms with van der Waals surface area (Å²) in [5.74, 6) is 0.584. The summed E-state index contributed by atoms with van der Waals surface area (Å²) in [5, 5.41) is 4.32. The number of hydrogen-bond acceptors (Lipinski definition) is 1. The number of carbonyl (C=O) groups is 1. The number of rotatable bonds is 0. The summed E-state index contributed by atoms with van der Waals surface area (Å²) in [6, 6.07) is 4.24. The van der Waals surface area contributed by atoms with Gasteiger partial charge >= 0.3 is 0 Å². The van der Waals surface area contributed by atoms with Gasteiger partial charge in [0.05, 0.1) is 10.0 Å². The van der Waals surface area contributed by atoms with Gasteiger partial charge in [-0.1, -0.05) is 23.2 Å². The highest BCUT2D eigenvalue weighted by Gasteiger charge is 2.34. The van der Waals surface area contributed by atoms with Crippen molar-refractivity contribution in [1.82, 2.24) is 5.32 Å². The fraction of sp³-hybridized carbons (Fsp3) is 0.462. The van der Waals surface area contributed by atoms with Crippen LogP contribution in [0.15, 0.2) is 12.1 Å². The molecule has 3 rings (SSSR count). The van der Waals surface area contributed by atoms with E-state index >= 15 is 0 Å². The van der Waals surface area contributed by atoms with Gasteiger partial charge in [0.2, 0.25) is 5.91 Å². The predicted octanol–water partition coefficient (Wildman–Crippen LogP) is 3.30. The fourth-order valence-corrected chi connectivity index (χ4v) is 3.35. The van der Waals surface area contributed by atoms with Gasteiger partial charge in [-0.2, -0.15) is 0 Å². The van der Waals surface area contributed by atoms with Crippen LogP contribution in [0.4, 0.5) is 0 Å². The minimum Gasteiger partial charge on any atom is -0.353 e. The lowest BCUT2D eigenvalue weighted by Gasteiger charge is -2.37. The molecule has 4 heteroatoms. The summed E-state index contributed by atoms with van der Waals surface area (Å²) >= 11 is 12.1. The number of aryl methyl sites for hydroxylation is 1. The summed E-state index contributed by atoms with van der Waals surface area (Å²) in [6.07, 6.45) is 3.50. The van der Waals surface area contributed by atoms with Crippen LogP contribution >= 0.6 is 23.2 Å². The molecule has 0 saturated carbocycles. The number of hydrogen-bond donors (Lipinski definition) is 1. The predicted molar refractivity (Wildman–Crippen MR) is 68.7 cm³/mol. The molecule has 1 aromatic rings. The van der Waals surface area contributed by atoms with Crippen LogP contribution in [0.2, 0.25) is 10.0 Å². The van der Waals surface area contributed by atoms with Crippen LogP contribution in [0.1, 0.15) is 36.3 Å². The first-order valence-corrected chi connectivity index (χ1v) is 6.68. The molecular weight excluding hydrogens is 257 g/mol. The average Bonchev–Trinajstić information content (AvgIpc) is 2.30. The molecule has 0 unspecified atom stereocenters. The minimum atomic E-state index is 0.176. The Labute approximate surface area is 110 Å². The van der Waals surface area contributed by atoms with Gasteiger partial charge in [-0.15, -0.1) is 0 Å². The molecule has 1 heterocycles. The quantitative estimate of drug-likeness (QED) is 0.770. The van der Waals surface area contributed by atoms with Crippen molar-refractivity contribution in [3.63, 3.8) is 0 Å². The standard InChI is InChI=1S/C13H13Cl2NO/c14-10-5-7-1-3-12-8(2-4-13(17)16-12)9(7)6-11(10)15/h5-6,8,12H,1-4H2,(H,16,17)/t8-,12-/m0/s1. The van der Waals surface area contributed by atoms with Gasteiger partial charge < -0.3 is 5.32 Å². The second kappa shape index (κ2) is 4.18. The molecule has 1 aromatic carbocycles. The van der Waals surface area contributed by atoms with Crippen molar-refractivity contribution >= 4 is 29.1 Å². The number of nitrogens with one attached hydrogen (secondary N) is 1. The Bertz CT molecular complexity index is 487. The maximum absolute atomic E-state index is 11.4. The van der Waals surface area contributed by atoms with E-state index in [1.807, 2.05) is 12.1 Å². The van der Waals surface area contributed by atoms with Crippen LogP contribution < -0.4 is 5.32 Å². The van der Waals surface area contributed by atoms with E-state index < -0.39 is 0 Å². The number of carbonyl (C=O) groups excluding carboxylic acids is 1. The molecule has 17 heavy (non-hydrogen) atoms. The van der Waals surface area contributed by atoms with Crippen LogP contribution in [-0.4, -0.2) is 11.9 Å². The fourth-order valence-electron chi connectivity index (χ4n) is 2.99. The summed E-state index contributed by atoms with van der Waals surface area (Å²) in [7, 11) is 0. The molecule has 1 aliphatic carbocycles. The van der Waals surface area contributed by atoms with Crippen LogP contribution in [0.5, 0.6) is 0 Å². The van der Waals surface area contributed by atoms with Crippen molar-refractivity contribution in [1.29, 1.82) is 0 Å². The second-order valence-corrected chi connectivity index (χ2v) is 5.64. The number of amides is 1. The molecule has 0 bridgehead atoms. The van der Waals surface area contributed by atoms with Crippen molar-refractivity contribution in [3.8, 4) is 0 Å². The van der Waals surface area contributed by atoms with E-state index in [-0.39, 0.29) is 11.9 Å². The smallest absolute Gasteiger partial charge is 0.220 e. The number of piperidine rings is 1. The maximum Gasteiger partial charge on any atom is 0.220 e. The Morgan fingerprint density at radius 1 is 1.12 bits per heavy atom. The first-order valence-electron chi connectivity index (χ1n) is 5.92. The zero-order valence-electron chi connectivity index (χ0n) is 9.30. The Hall–Kier alpha value is -0.730. The molecule has 1 aliphatic heterocycles. The van der Waals surface area contributed by atoms with E-state index in [0.29, 0.717) is 22.4 Å². The molecule has 2 aliphatic rings. The van der Waals surface area contributed by atoms with Gasteiger partial charge in [-0.25, -0.2) is 0 Å². The molecule has 1 fully saturated rings. The summed E-state index contributed by atoms with van der Waals surface area (Å²) in [6.45, 7) is 0. The van der Waals surface area contributed by atoms with E-state index in [1.54, 1.807) is 0 Å². The zero-order chi connectivity index (χ0) is 12.0. The van der Waals surface area contributed by atoms with Gasteiger partial charge in [0, 0.05) is 18.4 Å². The van der Waals surface area contributed by atoms with E-state index in [1.165, 1.54) is 11.1 Å². The summed E-state index contributed by atoms with van der Waals surface area (Å²) in [4.78, 5) is 11.4. The average molecular weight is 270 g/mol. The molecule has 1 amide bonds. The van der Waals surface area contributed by atoms with Crippen molar-refractivity contribution in [2.75, 3.05) is 0 Å². The van der Waals surface area contributed by atoms with Crippen molar-refractivity contribution in [3.05, 3.63) is 33.3 Å². The van der Waals surface area contributed by atoms with Crippen LogP contribution in [-0.2, 0) is 11.2 Å². The summed E-state index contributed by atoms with van der Waals surface area (Å²) in [5.41, 5.74) is 2.56. The third kappa shape index (κ3) is 1.94. The molecular formula is C13H13Cl2NO. The Balaban J connectivity index is 2.01. The topological polar surface area (TPSA) is 29.1 Å². The first-order chi connectivity index (χ1) is 8.15. The molecule has 1 N–H and O–H groups in total. The van der Waals surface area contributed by atoms with Gasteiger partial charge in [-0.3, -0.25) is 4.79 Å². The van der Waals surface area contributed by atoms with Crippen LogP contribution in [0, 0.1) is 0 Å². The van der Waals surface area contributed by atoms with E-state index in [2.05, 4.69) is 5.32 Å².